The van der Waals surface area contributed by atoms with E-state index in [0.717, 1.165) is 22.9 Å². The minimum Gasteiger partial charge on any atom is -0.364 e. The Morgan fingerprint density at radius 3 is 2.38 bits per heavy atom. The second-order valence-corrected chi connectivity index (χ2v) is 11.1. The first kappa shape index (κ1) is 16.2. The molecule has 5 aliphatic carbocycles. The Kier molecular flexibility index (Phi) is 3.63. The summed E-state index contributed by atoms with van der Waals surface area (Å²) in [6, 6.07) is 0. The van der Waals surface area contributed by atoms with E-state index in [-0.39, 0.29) is 0 Å². The summed E-state index contributed by atoms with van der Waals surface area (Å²) in [6.45, 7) is 0. The zero-order valence-corrected chi connectivity index (χ0v) is 17.1. The zero-order chi connectivity index (χ0) is 17.3. The second-order valence-electron chi connectivity index (χ2n) is 9.27. The van der Waals surface area contributed by atoms with E-state index >= 15 is 0 Å². The van der Waals surface area contributed by atoms with Gasteiger partial charge in [-0.1, -0.05) is 11.8 Å². The first-order valence-electron chi connectivity index (χ1n) is 10.4. The third-order valence-corrected chi connectivity index (χ3v) is 9.13. The number of rotatable bonds is 3. The molecule has 4 bridgehead atoms. The van der Waals surface area contributed by atoms with Gasteiger partial charge in [0.05, 0.1) is 5.39 Å². The van der Waals surface area contributed by atoms with Crippen LogP contribution in [-0.4, -0.2) is 21.8 Å². The molecule has 2 aromatic rings. The fourth-order valence-corrected chi connectivity index (χ4v) is 8.52. The number of thioether (sulfide) groups is 1. The molecule has 3 nitrogen and oxygen atoms in total. The summed E-state index contributed by atoms with van der Waals surface area (Å²) in [5.74, 6) is 4.05. The molecule has 7 rings (SSSR count). The molecule has 5 aliphatic rings. The molecule has 138 valence electrons. The fraction of sp³-hybridized carbons (Fsp3) is 0.714. The molecule has 26 heavy (non-hydrogen) atoms. The maximum atomic E-state index is 5.02. The summed E-state index contributed by atoms with van der Waals surface area (Å²) in [7, 11) is 0. The molecule has 0 radical (unpaired) electrons. The molecule has 4 saturated carbocycles. The van der Waals surface area contributed by atoms with Crippen LogP contribution in [0.1, 0.15) is 61.8 Å². The summed E-state index contributed by atoms with van der Waals surface area (Å²) in [6.07, 6.45) is 15.8. The van der Waals surface area contributed by atoms with E-state index in [1.807, 2.05) is 11.3 Å². The Bertz CT molecular complexity index is 836. The minimum absolute atomic E-state index is 0.315. The highest BCUT2D eigenvalue weighted by molar-refractivity contribution is 7.98. The van der Waals surface area contributed by atoms with Crippen molar-refractivity contribution >= 4 is 39.1 Å². The van der Waals surface area contributed by atoms with E-state index in [2.05, 4.69) is 11.6 Å². The average molecular weight is 386 g/mol. The van der Waals surface area contributed by atoms with Crippen molar-refractivity contribution < 1.29 is 0 Å². The SMILES string of the molecule is CSc1nc(NC23CC4CC(CC(C4)C2)C3)c2c3c(sc2n1)CCCC3. The summed E-state index contributed by atoms with van der Waals surface area (Å²) in [4.78, 5) is 12.7. The Hall–Kier alpha value is -0.810. The Morgan fingerprint density at radius 2 is 1.69 bits per heavy atom. The summed E-state index contributed by atoms with van der Waals surface area (Å²) < 4.78 is 0. The lowest BCUT2D eigenvalue weighted by Crippen LogP contribution is -2.54. The van der Waals surface area contributed by atoms with Crippen molar-refractivity contribution in [1.82, 2.24) is 9.97 Å². The van der Waals surface area contributed by atoms with Gasteiger partial charge >= 0.3 is 0 Å². The van der Waals surface area contributed by atoms with Crippen molar-refractivity contribution in [2.24, 2.45) is 17.8 Å². The molecule has 0 spiro atoms. The number of anilines is 1. The van der Waals surface area contributed by atoms with Gasteiger partial charge in [0.1, 0.15) is 10.6 Å². The van der Waals surface area contributed by atoms with Crippen molar-refractivity contribution in [3.63, 3.8) is 0 Å². The average Bonchev–Trinajstić information content (AvgIpc) is 2.98. The third-order valence-electron chi connectivity index (χ3n) is 7.40. The molecule has 0 saturated heterocycles. The van der Waals surface area contributed by atoms with E-state index in [1.54, 1.807) is 22.2 Å². The maximum Gasteiger partial charge on any atom is 0.190 e. The normalized spacial score (nSPS) is 35.0. The molecular formula is C21H27N3S2. The predicted octanol–water partition coefficient (Wildman–Crippen LogP) is 5.67. The Balaban J connectivity index is 1.46. The van der Waals surface area contributed by atoms with Crippen molar-refractivity contribution in [2.45, 2.75) is 74.9 Å². The second kappa shape index (κ2) is 5.84. The maximum absolute atomic E-state index is 5.02. The van der Waals surface area contributed by atoms with Gasteiger partial charge in [-0.2, -0.15) is 0 Å². The first-order chi connectivity index (χ1) is 12.7. The zero-order valence-electron chi connectivity index (χ0n) is 15.5. The number of aromatic nitrogens is 2. The molecule has 4 fully saturated rings. The number of nitrogens with one attached hydrogen (secondary N) is 1. The van der Waals surface area contributed by atoms with E-state index < -0.39 is 0 Å². The van der Waals surface area contributed by atoms with Gasteiger partial charge in [-0.25, -0.2) is 9.97 Å². The number of fused-ring (bicyclic) bond motifs is 3. The van der Waals surface area contributed by atoms with Gasteiger partial charge in [-0.05, 0) is 93.8 Å². The Labute approximate surface area is 163 Å². The highest BCUT2D eigenvalue weighted by atomic mass is 32.2. The molecule has 0 atom stereocenters. The van der Waals surface area contributed by atoms with Crippen LogP contribution in [0, 0.1) is 17.8 Å². The predicted molar refractivity (Wildman–Crippen MR) is 110 cm³/mol. The largest absolute Gasteiger partial charge is 0.364 e. The van der Waals surface area contributed by atoms with Crippen molar-refractivity contribution in [2.75, 3.05) is 11.6 Å². The van der Waals surface area contributed by atoms with E-state index in [9.17, 15) is 0 Å². The van der Waals surface area contributed by atoms with Gasteiger partial charge in [0.15, 0.2) is 5.16 Å². The van der Waals surface area contributed by atoms with Crippen LogP contribution in [0.4, 0.5) is 5.82 Å². The smallest absolute Gasteiger partial charge is 0.190 e. The summed E-state index contributed by atoms with van der Waals surface area (Å²) in [5, 5.41) is 6.39. The highest BCUT2D eigenvalue weighted by Gasteiger charge is 2.51. The highest BCUT2D eigenvalue weighted by Crippen LogP contribution is 2.57. The van der Waals surface area contributed by atoms with Crippen LogP contribution >= 0.6 is 23.1 Å². The molecule has 5 heteroatoms. The molecule has 0 amide bonds. The molecule has 2 heterocycles. The van der Waals surface area contributed by atoms with Gasteiger partial charge in [0, 0.05) is 10.4 Å². The lowest BCUT2D eigenvalue weighted by atomic mass is 9.53. The van der Waals surface area contributed by atoms with Crippen LogP contribution in [0.2, 0.25) is 0 Å². The van der Waals surface area contributed by atoms with Gasteiger partial charge < -0.3 is 5.32 Å². The van der Waals surface area contributed by atoms with Crippen LogP contribution < -0.4 is 5.32 Å². The minimum atomic E-state index is 0.315. The monoisotopic (exact) mass is 385 g/mol. The number of aryl methyl sites for hydroxylation is 2. The van der Waals surface area contributed by atoms with Crippen molar-refractivity contribution in [1.29, 1.82) is 0 Å². The number of thiophene rings is 1. The number of nitrogens with zero attached hydrogens (tertiary/aromatic N) is 2. The molecule has 0 unspecified atom stereocenters. The van der Waals surface area contributed by atoms with Crippen molar-refractivity contribution in [3.05, 3.63) is 10.4 Å². The number of hydrogen-bond donors (Lipinski definition) is 1. The molecule has 1 N–H and O–H groups in total. The molecular weight excluding hydrogens is 358 g/mol. The van der Waals surface area contributed by atoms with Crippen LogP contribution in [-0.2, 0) is 12.8 Å². The summed E-state index contributed by atoms with van der Waals surface area (Å²) >= 11 is 3.61. The topological polar surface area (TPSA) is 37.8 Å². The van der Waals surface area contributed by atoms with E-state index in [4.69, 9.17) is 9.97 Å². The van der Waals surface area contributed by atoms with Crippen LogP contribution in [0.5, 0.6) is 0 Å². The standard InChI is InChI=1S/C21H27N3S2/c1-25-20-22-18(17-15-4-2-3-5-16(15)26-19(17)23-20)24-21-9-12-6-13(10-21)8-14(7-12)11-21/h12-14H,2-11H2,1H3,(H,22,23,24). The lowest BCUT2D eigenvalue weighted by molar-refractivity contribution is 0.0106. The van der Waals surface area contributed by atoms with Gasteiger partial charge in [-0.15, -0.1) is 11.3 Å². The van der Waals surface area contributed by atoms with E-state index in [0.29, 0.717) is 5.54 Å². The first-order valence-corrected chi connectivity index (χ1v) is 12.4. The van der Waals surface area contributed by atoms with Gasteiger partial charge in [0.2, 0.25) is 0 Å². The van der Waals surface area contributed by atoms with Crippen LogP contribution in [0.3, 0.4) is 0 Å². The van der Waals surface area contributed by atoms with Crippen molar-refractivity contribution in [3.8, 4) is 0 Å². The van der Waals surface area contributed by atoms with Gasteiger partial charge in [-0.3, -0.25) is 0 Å². The Morgan fingerprint density at radius 1 is 1.00 bits per heavy atom. The molecule has 0 aliphatic heterocycles. The van der Waals surface area contributed by atoms with Crippen LogP contribution in [0.25, 0.3) is 10.2 Å². The van der Waals surface area contributed by atoms with Crippen LogP contribution in [0.15, 0.2) is 5.16 Å². The fourth-order valence-electron chi connectivity index (χ4n) is 6.83. The molecule has 2 aromatic heterocycles. The van der Waals surface area contributed by atoms with Gasteiger partial charge in [0.25, 0.3) is 0 Å². The van der Waals surface area contributed by atoms with E-state index in [1.165, 1.54) is 80.2 Å². The third kappa shape index (κ3) is 2.46. The number of hydrogen-bond acceptors (Lipinski definition) is 5. The quantitative estimate of drug-likeness (QED) is 0.545. The summed E-state index contributed by atoms with van der Waals surface area (Å²) in [5.41, 5.74) is 1.88. The lowest BCUT2D eigenvalue weighted by Gasteiger charge is -2.57. The molecule has 0 aromatic carbocycles.